The molecule has 3 heteroatoms. The molecule has 2 aliphatic rings. The summed E-state index contributed by atoms with van der Waals surface area (Å²) in [7, 11) is 0. The number of nitrogens with zero attached hydrogens (tertiary/aromatic N) is 1. The van der Waals surface area contributed by atoms with Gasteiger partial charge in [0.15, 0.2) is 0 Å². The predicted octanol–water partition coefficient (Wildman–Crippen LogP) is 4.13. The summed E-state index contributed by atoms with van der Waals surface area (Å²) < 4.78 is 0. The van der Waals surface area contributed by atoms with Gasteiger partial charge in [-0.2, -0.15) is 0 Å². The van der Waals surface area contributed by atoms with E-state index in [0.717, 1.165) is 45.2 Å². The van der Waals surface area contributed by atoms with Gasteiger partial charge in [0, 0.05) is 19.1 Å². The summed E-state index contributed by atoms with van der Waals surface area (Å²) in [4.78, 5) is 14.7. The second-order valence-corrected chi connectivity index (χ2v) is 8.04. The minimum atomic E-state index is 0.260. The fraction of sp³-hybridized carbons (Fsp3) is 0.458. The van der Waals surface area contributed by atoms with E-state index in [2.05, 4.69) is 64.8 Å². The highest BCUT2D eigenvalue weighted by atomic mass is 16.2. The molecule has 0 bridgehead atoms. The van der Waals surface area contributed by atoms with E-state index in [4.69, 9.17) is 0 Å². The minimum Gasteiger partial charge on any atom is -0.342 e. The van der Waals surface area contributed by atoms with Gasteiger partial charge in [0.1, 0.15) is 0 Å². The normalized spacial score (nSPS) is 20.3. The number of rotatable bonds is 5. The molecule has 3 nitrogen and oxygen atoms in total. The molecule has 1 amide bonds. The zero-order valence-corrected chi connectivity index (χ0v) is 16.1. The lowest BCUT2D eigenvalue weighted by Gasteiger charge is -2.33. The number of carbonyl (C=O) groups is 1. The van der Waals surface area contributed by atoms with Crippen LogP contribution in [0.4, 0.5) is 0 Å². The number of carbonyl (C=O) groups excluding carboxylic acids is 1. The summed E-state index contributed by atoms with van der Waals surface area (Å²) in [5.74, 6) is 0.964. The van der Waals surface area contributed by atoms with Crippen molar-refractivity contribution in [3.8, 4) is 0 Å². The molecule has 1 saturated heterocycles. The van der Waals surface area contributed by atoms with E-state index in [9.17, 15) is 4.79 Å². The van der Waals surface area contributed by atoms with Crippen LogP contribution in [0.15, 0.2) is 54.6 Å². The molecule has 4 rings (SSSR count). The van der Waals surface area contributed by atoms with Crippen LogP contribution in [0.2, 0.25) is 0 Å². The van der Waals surface area contributed by atoms with E-state index >= 15 is 0 Å². The number of nitrogens with one attached hydrogen (secondary N) is 1. The first kappa shape index (κ1) is 18.2. The van der Waals surface area contributed by atoms with Crippen LogP contribution in [0.3, 0.4) is 0 Å². The van der Waals surface area contributed by atoms with Crippen LogP contribution in [0.5, 0.6) is 0 Å². The van der Waals surface area contributed by atoms with Gasteiger partial charge in [0.05, 0.1) is 6.54 Å². The van der Waals surface area contributed by atoms with Crippen molar-refractivity contribution in [2.24, 2.45) is 5.92 Å². The Morgan fingerprint density at radius 1 is 0.963 bits per heavy atom. The highest BCUT2D eigenvalue weighted by Gasteiger charge is 2.24. The third-order valence-electron chi connectivity index (χ3n) is 6.20. The van der Waals surface area contributed by atoms with Crippen molar-refractivity contribution in [2.75, 3.05) is 19.6 Å². The summed E-state index contributed by atoms with van der Waals surface area (Å²) in [6.07, 6.45) is 6.87. The Balaban J connectivity index is 1.24. The Labute approximate surface area is 162 Å². The van der Waals surface area contributed by atoms with Crippen LogP contribution >= 0.6 is 0 Å². The number of benzene rings is 2. The van der Waals surface area contributed by atoms with Gasteiger partial charge in [0.25, 0.3) is 0 Å². The quantitative estimate of drug-likeness (QED) is 0.867. The van der Waals surface area contributed by atoms with Crippen molar-refractivity contribution in [1.29, 1.82) is 0 Å². The standard InChI is InChI=1S/C24H30N2O/c27-24(18-25-23-12-6-10-21-9-4-5-11-22(21)23)26-15-13-20(14-16-26)17-19-7-2-1-3-8-19/h1-5,7-9,11,20,23,25H,6,10,12-18H2. The van der Waals surface area contributed by atoms with Crippen molar-refractivity contribution >= 4 is 5.91 Å². The molecular weight excluding hydrogens is 332 g/mol. The van der Waals surface area contributed by atoms with Crippen molar-refractivity contribution < 1.29 is 4.79 Å². The molecule has 142 valence electrons. The van der Waals surface area contributed by atoms with Gasteiger partial charge in [-0.05, 0) is 61.1 Å². The van der Waals surface area contributed by atoms with Crippen LogP contribution in [0.25, 0.3) is 0 Å². The largest absolute Gasteiger partial charge is 0.342 e. The van der Waals surface area contributed by atoms with Gasteiger partial charge in [-0.15, -0.1) is 0 Å². The number of hydrogen-bond donors (Lipinski definition) is 1. The second kappa shape index (κ2) is 8.71. The number of amides is 1. The highest BCUT2D eigenvalue weighted by molar-refractivity contribution is 5.78. The van der Waals surface area contributed by atoms with E-state index in [1.807, 2.05) is 0 Å². The first-order valence-electron chi connectivity index (χ1n) is 10.4. The lowest BCUT2D eigenvalue weighted by atomic mass is 9.87. The van der Waals surface area contributed by atoms with Gasteiger partial charge < -0.3 is 10.2 Å². The van der Waals surface area contributed by atoms with E-state index < -0.39 is 0 Å². The maximum Gasteiger partial charge on any atom is 0.236 e. The molecule has 27 heavy (non-hydrogen) atoms. The van der Waals surface area contributed by atoms with Crippen molar-refractivity contribution in [1.82, 2.24) is 10.2 Å². The van der Waals surface area contributed by atoms with Gasteiger partial charge in [0.2, 0.25) is 5.91 Å². The summed E-state index contributed by atoms with van der Waals surface area (Å²) >= 11 is 0. The average molecular weight is 363 g/mol. The summed E-state index contributed by atoms with van der Waals surface area (Å²) in [5, 5.41) is 3.53. The van der Waals surface area contributed by atoms with Crippen LogP contribution < -0.4 is 5.32 Å². The molecule has 1 N–H and O–H groups in total. The molecule has 1 atom stereocenters. The molecule has 0 aromatic heterocycles. The Kier molecular flexibility index (Phi) is 5.88. The van der Waals surface area contributed by atoms with E-state index in [1.165, 1.54) is 23.1 Å². The Bertz CT molecular complexity index is 750. The Morgan fingerprint density at radius 2 is 1.70 bits per heavy atom. The molecule has 0 saturated carbocycles. The molecule has 1 aliphatic heterocycles. The molecule has 1 fully saturated rings. The minimum absolute atomic E-state index is 0.260. The summed E-state index contributed by atoms with van der Waals surface area (Å²) in [6.45, 7) is 2.26. The zero-order chi connectivity index (χ0) is 18.5. The fourth-order valence-corrected chi connectivity index (χ4v) is 4.62. The second-order valence-electron chi connectivity index (χ2n) is 8.04. The van der Waals surface area contributed by atoms with Gasteiger partial charge >= 0.3 is 0 Å². The maximum absolute atomic E-state index is 12.7. The molecule has 0 radical (unpaired) electrons. The number of hydrogen-bond acceptors (Lipinski definition) is 2. The molecule has 2 aromatic carbocycles. The average Bonchev–Trinajstić information content (AvgIpc) is 2.73. The third kappa shape index (κ3) is 4.59. The maximum atomic E-state index is 12.7. The van der Waals surface area contributed by atoms with E-state index in [-0.39, 0.29) is 5.91 Å². The predicted molar refractivity (Wildman–Crippen MR) is 110 cm³/mol. The third-order valence-corrected chi connectivity index (χ3v) is 6.20. The first-order valence-corrected chi connectivity index (χ1v) is 10.4. The van der Waals surface area contributed by atoms with Crippen LogP contribution in [-0.2, 0) is 17.6 Å². The van der Waals surface area contributed by atoms with Crippen molar-refractivity contribution in [3.05, 3.63) is 71.3 Å². The van der Waals surface area contributed by atoms with Crippen LogP contribution in [0, 0.1) is 5.92 Å². The smallest absolute Gasteiger partial charge is 0.236 e. The van der Waals surface area contributed by atoms with Crippen LogP contribution in [0.1, 0.15) is 48.4 Å². The van der Waals surface area contributed by atoms with Crippen LogP contribution in [-0.4, -0.2) is 30.4 Å². The van der Waals surface area contributed by atoms with E-state index in [1.54, 1.807) is 0 Å². The van der Waals surface area contributed by atoms with Crippen molar-refractivity contribution in [2.45, 2.75) is 44.6 Å². The number of fused-ring (bicyclic) bond motifs is 1. The monoisotopic (exact) mass is 362 g/mol. The van der Waals surface area contributed by atoms with Gasteiger partial charge in [-0.25, -0.2) is 0 Å². The number of piperidine rings is 1. The lowest BCUT2D eigenvalue weighted by Crippen LogP contribution is -2.44. The van der Waals surface area contributed by atoms with E-state index in [0.29, 0.717) is 18.5 Å². The Morgan fingerprint density at radius 3 is 2.52 bits per heavy atom. The number of aryl methyl sites for hydroxylation is 1. The SMILES string of the molecule is O=C(CNC1CCCc2ccccc21)N1CCC(Cc2ccccc2)CC1. The highest BCUT2D eigenvalue weighted by Crippen LogP contribution is 2.29. The van der Waals surface area contributed by atoms with Gasteiger partial charge in [-0.3, -0.25) is 4.79 Å². The molecular formula is C24H30N2O. The summed E-state index contributed by atoms with van der Waals surface area (Å²) in [6, 6.07) is 19.7. The summed E-state index contributed by atoms with van der Waals surface area (Å²) in [5.41, 5.74) is 4.24. The topological polar surface area (TPSA) is 32.3 Å². The zero-order valence-electron chi connectivity index (χ0n) is 16.1. The molecule has 1 aliphatic carbocycles. The Hall–Kier alpha value is -2.13. The molecule has 0 spiro atoms. The molecule has 1 heterocycles. The van der Waals surface area contributed by atoms with Crippen molar-refractivity contribution in [3.63, 3.8) is 0 Å². The number of likely N-dealkylation sites (tertiary alicyclic amines) is 1. The lowest BCUT2D eigenvalue weighted by molar-refractivity contribution is -0.131. The first-order chi connectivity index (χ1) is 13.3. The fourth-order valence-electron chi connectivity index (χ4n) is 4.62. The molecule has 1 unspecified atom stereocenters. The van der Waals surface area contributed by atoms with Gasteiger partial charge in [-0.1, -0.05) is 54.6 Å². The molecule has 2 aromatic rings.